The Kier molecular flexibility index (Phi) is 11.5. The van der Waals surface area contributed by atoms with E-state index in [1.54, 1.807) is 36.4 Å². The smallest absolute Gasteiger partial charge is 0.303 e. The van der Waals surface area contributed by atoms with Crippen molar-refractivity contribution in [2.24, 2.45) is 0 Å². The molecule has 13 nitrogen and oxygen atoms in total. The molecule has 4 rings (SSSR count). The molecule has 13 heteroatoms. The van der Waals surface area contributed by atoms with Crippen LogP contribution in [0.3, 0.4) is 0 Å². The van der Waals surface area contributed by atoms with E-state index in [0.717, 1.165) is 11.1 Å². The van der Waals surface area contributed by atoms with Crippen molar-refractivity contribution in [2.75, 3.05) is 11.9 Å². The monoisotopic (exact) mass is 629 g/mol. The molecule has 1 aliphatic heterocycles. The summed E-state index contributed by atoms with van der Waals surface area (Å²) in [6.07, 6.45) is 0.443. The lowest BCUT2D eigenvalue weighted by Crippen LogP contribution is -2.56. The fourth-order valence-electron chi connectivity index (χ4n) is 5.26. The Bertz CT molecular complexity index is 1550. The fraction of sp³-hybridized carbons (Fsp3) is 0.303. The molecule has 0 radical (unpaired) electrons. The maximum Gasteiger partial charge on any atom is 0.303 e. The van der Waals surface area contributed by atoms with Gasteiger partial charge in [-0.05, 0) is 36.1 Å². The number of amides is 4. The largest absolute Gasteiger partial charge is 0.481 e. The van der Waals surface area contributed by atoms with E-state index in [4.69, 9.17) is 5.11 Å². The zero-order valence-corrected chi connectivity index (χ0v) is 25.0. The summed E-state index contributed by atoms with van der Waals surface area (Å²) >= 11 is 0. The van der Waals surface area contributed by atoms with Gasteiger partial charge in [-0.2, -0.15) is 0 Å². The van der Waals surface area contributed by atoms with E-state index in [2.05, 4.69) is 16.0 Å². The van der Waals surface area contributed by atoms with Crippen LogP contribution in [0.15, 0.2) is 84.9 Å². The Morgan fingerprint density at radius 2 is 1.41 bits per heavy atom. The molecular weight excluding hydrogens is 594 g/mol. The van der Waals surface area contributed by atoms with Crippen molar-refractivity contribution >= 4 is 41.0 Å². The highest BCUT2D eigenvalue weighted by Gasteiger charge is 2.39. The summed E-state index contributed by atoms with van der Waals surface area (Å²) in [5.41, 5.74) is 1.72. The van der Waals surface area contributed by atoms with Gasteiger partial charge in [-0.25, -0.2) is 0 Å². The second kappa shape index (κ2) is 15.9. The molecule has 1 saturated heterocycles. The number of nitro benzene ring substituents is 1. The zero-order valence-electron chi connectivity index (χ0n) is 25.0. The van der Waals surface area contributed by atoms with Crippen molar-refractivity contribution in [3.05, 3.63) is 106 Å². The molecule has 46 heavy (non-hydrogen) atoms. The number of nitro groups is 1. The van der Waals surface area contributed by atoms with Crippen molar-refractivity contribution < 1.29 is 34.0 Å². The number of rotatable bonds is 14. The highest BCUT2D eigenvalue weighted by atomic mass is 16.6. The van der Waals surface area contributed by atoms with Crippen LogP contribution < -0.4 is 16.0 Å². The van der Waals surface area contributed by atoms with E-state index >= 15 is 0 Å². The number of likely N-dealkylation sites (tertiary alicyclic amines) is 1. The van der Waals surface area contributed by atoms with Crippen molar-refractivity contribution in [2.45, 2.75) is 56.7 Å². The minimum atomic E-state index is -1.14. The topological polar surface area (TPSA) is 188 Å². The van der Waals surface area contributed by atoms with Crippen LogP contribution in [0.5, 0.6) is 0 Å². The number of nitrogens with zero attached hydrogens (tertiary/aromatic N) is 2. The summed E-state index contributed by atoms with van der Waals surface area (Å²) in [4.78, 5) is 76.4. The Morgan fingerprint density at radius 1 is 0.826 bits per heavy atom. The molecule has 3 unspecified atom stereocenters. The summed E-state index contributed by atoms with van der Waals surface area (Å²) < 4.78 is 0. The normalized spacial score (nSPS) is 15.3. The number of carboxylic acid groups (broad SMARTS) is 1. The molecule has 1 heterocycles. The minimum absolute atomic E-state index is 0.137. The first-order chi connectivity index (χ1) is 22.1. The molecule has 0 saturated carbocycles. The second-order valence-electron chi connectivity index (χ2n) is 10.9. The number of benzene rings is 3. The van der Waals surface area contributed by atoms with Crippen LogP contribution >= 0.6 is 0 Å². The van der Waals surface area contributed by atoms with Gasteiger partial charge in [-0.1, -0.05) is 60.7 Å². The van der Waals surface area contributed by atoms with Crippen LogP contribution in [-0.4, -0.2) is 69.2 Å². The average molecular weight is 630 g/mol. The summed E-state index contributed by atoms with van der Waals surface area (Å²) in [7, 11) is 0. The number of aliphatic carboxylic acids is 1. The number of non-ortho nitro benzene ring substituents is 1. The lowest BCUT2D eigenvalue weighted by Gasteiger charge is -2.30. The van der Waals surface area contributed by atoms with Crippen molar-refractivity contribution in [1.29, 1.82) is 0 Å². The van der Waals surface area contributed by atoms with Crippen LogP contribution in [0.2, 0.25) is 0 Å². The highest BCUT2D eigenvalue weighted by Crippen LogP contribution is 2.21. The molecule has 240 valence electrons. The van der Waals surface area contributed by atoms with Gasteiger partial charge in [-0.3, -0.25) is 34.1 Å². The quantitative estimate of drug-likeness (QED) is 0.155. The van der Waals surface area contributed by atoms with E-state index in [9.17, 15) is 34.1 Å². The van der Waals surface area contributed by atoms with Crippen molar-refractivity contribution in [1.82, 2.24) is 15.5 Å². The number of nitrogens with one attached hydrogen (secondary N) is 3. The molecule has 4 amide bonds. The predicted octanol–water partition coefficient (Wildman–Crippen LogP) is 2.84. The van der Waals surface area contributed by atoms with Gasteiger partial charge in [-0.15, -0.1) is 0 Å². The molecule has 0 bridgehead atoms. The lowest BCUT2D eigenvalue weighted by molar-refractivity contribution is -0.384. The third kappa shape index (κ3) is 9.45. The molecule has 3 aromatic carbocycles. The molecule has 1 fully saturated rings. The van der Waals surface area contributed by atoms with Crippen LogP contribution in [-0.2, 0) is 36.8 Å². The first kappa shape index (κ1) is 33.3. The Morgan fingerprint density at radius 3 is 1.98 bits per heavy atom. The van der Waals surface area contributed by atoms with Crippen LogP contribution in [0.4, 0.5) is 11.4 Å². The van der Waals surface area contributed by atoms with Gasteiger partial charge in [0.25, 0.3) is 5.69 Å². The van der Waals surface area contributed by atoms with E-state index in [1.165, 1.54) is 29.2 Å². The molecule has 0 spiro atoms. The molecular formula is C33H35N5O8. The van der Waals surface area contributed by atoms with Gasteiger partial charge in [0, 0.05) is 43.6 Å². The number of hydrogen-bond donors (Lipinski definition) is 4. The second-order valence-corrected chi connectivity index (χ2v) is 10.9. The van der Waals surface area contributed by atoms with Crippen molar-refractivity contribution in [3.8, 4) is 0 Å². The van der Waals surface area contributed by atoms with Crippen molar-refractivity contribution in [3.63, 3.8) is 0 Å². The van der Waals surface area contributed by atoms with Gasteiger partial charge < -0.3 is 26.0 Å². The summed E-state index contributed by atoms with van der Waals surface area (Å²) in [6.45, 7) is 0.256. The molecule has 0 aromatic heterocycles. The summed E-state index contributed by atoms with van der Waals surface area (Å²) in [5, 5.41) is 28.1. The minimum Gasteiger partial charge on any atom is -0.481 e. The third-order valence-corrected chi connectivity index (χ3v) is 7.58. The first-order valence-electron chi connectivity index (χ1n) is 14.9. The third-order valence-electron chi connectivity index (χ3n) is 7.58. The van der Waals surface area contributed by atoms with E-state index < -0.39 is 59.1 Å². The number of carbonyl (C=O) groups excluding carboxylic acids is 4. The van der Waals surface area contributed by atoms with E-state index in [1.807, 2.05) is 24.3 Å². The predicted molar refractivity (Wildman–Crippen MR) is 167 cm³/mol. The summed E-state index contributed by atoms with van der Waals surface area (Å²) in [5.74, 6) is -3.31. The van der Waals surface area contributed by atoms with Crippen LogP contribution in [0.1, 0.15) is 36.8 Å². The van der Waals surface area contributed by atoms with Gasteiger partial charge in [0.15, 0.2) is 0 Å². The van der Waals surface area contributed by atoms with Gasteiger partial charge in [0.1, 0.15) is 18.1 Å². The lowest BCUT2D eigenvalue weighted by atomic mass is 10.0. The maximum atomic E-state index is 13.9. The Labute approximate surface area is 265 Å². The van der Waals surface area contributed by atoms with Gasteiger partial charge >= 0.3 is 5.97 Å². The van der Waals surface area contributed by atoms with E-state index in [0.29, 0.717) is 18.5 Å². The van der Waals surface area contributed by atoms with E-state index in [-0.39, 0.29) is 31.5 Å². The standard InChI is InChI=1S/C33H35N5O8/c39-29(17-18-30(40)41)35-27(21-23-10-5-2-6-11-23)33(44)37-19-7-12-28(37)32(43)36-26(20-22-8-3-1-4-9-22)31(42)34-24-13-15-25(16-14-24)38(45)46/h1-6,8-11,13-16,26-28H,7,12,17-21H2,(H,34,42)(H,35,39)(H,36,43)(H,40,41). The van der Waals surface area contributed by atoms with Gasteiger partial charge in [0.2, 0.25) is 23.6 Å². The highest BCUT2D eigenvalue weighted by molar-refractivity contribution is 5.99. The number of hydrogen-bond acceptors (Lipinski definition) is 7. The fourth-order valence-corrected chi connectivity index (χ4v) is 5.26. The van der Waals surface area contributed by atoms with Gasteiger partial charge in [0.05, 0.1) is 11.3 Å². The zero-order chi connectivity index (χ0) is 33.1. The SMILES string of the molecule is O=C(O)CCC(=O)NC(Cc1ccccc1)C(=O)N1CCCC1C(=O)NC(Cc1ccccc1)C(=O)Nc1ccc([N+](=O)[O-])cc1. The first-order valence-corrected chi connectivity index (χ1v) is 14.9. The molecule has 0 aliphatic carbocycles. The van der Waals surface area contributed by atoms with Crippen LogP contribution in [0, 0.1) is 10.1 Å². The molecule has 3 atom stereocenters. The average Bonchev–Trinajstić information content (AvgIpc) is 3.54. The number of carbonyl (C=O) groups is 5. The van der Waals surface area contributed by atoms with Crippen LogP contribution in [0.25, 0.3) is 0 Å². The maximum absolute atomic E-state index is 13.9. The number of carboxylic acids is 1. The number of anilines is 1. The molecule has 1 aliphatic rings. The molecule has 4 N–H and O–H groups in total. The Hall–Kier alpha value is -5.59. The summed E-state index contributed by atoms with van der Waals surface area (Å²) in [6, 6.07) is 20.4. The molecule has 3 aromatic rings. The Balaban J connectivity index is 1.51.